The Hall–Kier alpha value is -2.90. The van der Waals surface area contributed by atoms with Gasteiger partial charge >= 0.3 is 11.9 Å². The molecule has 0 spiro atoms. The van der Waals surface area contributed by atoms with Gasteiger partial charge in [-0.15, -0.1) is 0 Å². The molecule has 0 amide bonds. The predicted molar refractivity (Wildman–Crippen MR) is 112 cm³/mol. The number of esters is 1. The average molecular weight is 424 g/mol. The highest BCUT2D eigenvalue weighted by Crippen LogP contribution is 2.49. The Balaban J connectivity index is 2.81. The van der Waals surface area contributed by atoms with Gasteiger partial charge in [0.25, 0.3) is 0 Å². The number of carbonyl (C=O) groups is 2. The van der Waals surface area contributed by atoms with Gasteiger partial charge in [0.05, 0.1) is 47.9 Å². The number of rotatable bonds is 13. The number of hydrogen-bond acceptors (Lipinski definition) is 7. The zero-order chi connectivity index (χ0) is 22.7. The molecule has 0 aliphatic rings. The minimum absolute atomic E-state index is 0.107. The molecule has 0 fully saturated rings. The minimum atomic E-state index is -1.01. The number of methoxy groups -OCH3 is 4. The third-order valence-corrected chi connectivity index (χ3v) is 4.68. The van der Waals surface area contributed by atoms with Gasteiger partial charge in [-0.1, -0.05) is 11.6 Å². The second kappa shape index (κ2) is 12.6. The molecule has 1 aromatic rings. The molecule has 0 saturated heterocycles. The highest BCUT2D eigenvalue weighted by Gasteiger charge is 2.24. The summed E-state index contributed by atoms with van der Waals surface area (Å²) in [4.78, 5) is 21.9. The lowest BCUT2D eigenvalue weighted by Crippen LogP contribution is -2.08. The summed E-state index contributed by atoms with van der Waals surface area (Å²) >= 11 is 0. The van der Waals surface area contributed by atoms with Crippen LogP contribution in [-0.2, 0) is 20.7 Å². The van der Waals surface area contributed by atoms with Gasteiger partial charge in [0, 0.05) is 11.1 Å². The van der Waals surface area contributed by atoms with Crippen LogP contribution in [0.3, 0.4) is 0 Å². The Bertz CT molecular complexity index is 767. The molecule has 0 aromatic heterocycles. The van der Waals surface area contributed by atoms with Crippen LogP contribution in [0.2, 0.25) is 0 Å². The van der Waals surface area contributed by atoms with Crippen molar-refractivity contribution < 1.29 is 38.4 Å². The zero-order valence-electron chi connectivity index (χ0n) is 18.6. The zero-order valence-corrected chi connectivity index (χ0v) is 18.6. The molecule has 168 valence electrons. The maximum atomic E-state index is 11.4. The largest absolute Gasteiger partial charge is 0.492 e. The van der Waals surface area contributed by atoms with Crippen molar-refractivity contribution in [2.45, 2.75) is 46.0 Å². The molecule has 0 aliphatic heterocycles. The van der Waals surface area contributed by atoms with Crippen LogP contribution >= 0.6 is 0 Å². The number of carbonyl (C=O) groups excluding carboxylic acids is 1. The van der Waals surface area contributed by atoms with Crippen LogP contribution in [0, 0.1) is 6.92 Å². The topological polar surface area (TPSA) is 101 Å². The first-order valence-corrected chi connectivity index (χ1v) is 9.69. The van der Waals surface area contributed by atoms with Crippen molar-refractivity contribution >= 4 is 11.9 Å². The first-order valence-electron chi connectivity index (χ1n) is 9.69. The van der Waals surface area contributed by atoms with Crippen molar-refractivity contribution in [3.63, 3.8) is 0 Å². The Kier molecular flexibility index (Phi) is 10.6. The van der Waals surface area contributed by atoms with Crippen LogP contribution in [0.1, 0.15) is 43.7 Å². The Morgan fingerprint density at radius 1 is 0.867 bits per heavy atom. The molecule has 8 heteroatoms. The molecule has 8 nitrogen and oxygen atoms in total. The Labute approximate surface area is 177 Å². The van der Waals surface area contributed by atoms with Crippen LogP contribution in [0.25, 0.3) is 0 Å². The summed E-state index contributed by atoms with van der Waals surface area (Å²) in [6, 6.07) is 0. The third kappa shape index (κ3) is 6.86. The van der Waals surface area contributed by atoms with E-state index in [-0.39, 0.29) is 19.4 Å². The first-order chi connectivity index (χ1) is 14.3. The molecular weight excluding hydrogens is 392 g/mol. The molecule has 1 aromatic carbocycles. The van der Waals surface area contributed by atoms with E-state index in [1.54, 1.807) is 28.4 Å². The van der Waals surface area contributed by atoms with Gasteiger partial charge in [-0.05, 0) is 33.1 Å². The van der Waals surface area contributed by atoms with E-state index in [2.05, 4.69) is 6.08 Å². The van der Waals surface area contributed by atoms with Crippen molar-refractivity contribution in [1.29, 1.82) is 0 Å². The van der Waals surface area contributed by atoms with Crippen molar-refractivity contribution in [3.8, 4) is 23.0 Å². The van der Waals surface area contributed by atoms with E-state index in [1.807, 2.05) is 13.8 Å². The Morgan fingerprint density at radius 2 is 1.43 bits per heavy atom. The van der Waals surface area contributed by atoms with E-state index in [0.29, 0.717) is 35.8 Å². The second-order valence-electron chi connectivity index (χ2n) is 6.71. The molecule has 0 heterocycles. The van der Waals surface area contributed by atoms with E-state index >= 15 is 0 Å². The number of allylic oxidation sites excluding steroid dienone is 2. The maximum Gasteiger partial charge on any atom is 0.306 e. The average Bonchev–Trinajstić information content (AvgIpc) is 2.73. The van der Waals surface area contributed by atoms with Gasteiger partial charge in [-0.3, -0.25) is 9.59 Å². The minimum Gasteiger partial charge on any atom is -0.492 e. The van der Waals surface area contributed by atoms with Crippen LogP contribution in [0.15, 0.2) is 11.6 Å². The molecule has 0 atom stereocenters. The SMILES string of the molecule is COc1c(C)c(C/C=C(\C)CCCOC(=O)CCC(=O)O)c(OC)c(OC)c1OC. The van der Waals surface area contributed by atoms with Gasteiger partial charge in [-0.2, -0.15) is 0 Å². The quantitative estimate of drug-likeness (QED) is 0.291. The van der Waals surface area contributed by atoms with Crippen LogP contribution in [0.5, 0.6) is 23.0 Å². The van der Waals surface area contributed by atoms with Crippen molar-refractivity contribution in [1.82, 2.24) is 0 Å². The fourth-order valence-electron chi connectivity index (χ4n) is 3.10. The molecule has 0 unspecified atom stereocenters. The van der Waals surface area contributed by atoms with Gasteiger partial charge in [0.15, 0.2) is 11.5 Å². The summed E-state index contributed by atoms with van der Waals surface area (Å²) in [6.45, 7) is 4.21. The van der Waals surface area contributed by atoms with Crippen molar-refractivity contribution in [2.75, 3.05) is 35.0 Å². The molecule has 0 aliphatic carbocycles. The van der Waals surface area contributed by atoms with Crippen molar-refractivity contribution in [2.24, 2.45) is 0 Å². The van der Waals surface area contributed by atoms with Crippen LogP contribution in [-0.4, -0.2) is 52.1 Å². The fourth-order valence-corrected chi connectivity index (χ4v) is 3.10. The second-order valence-corrected chi connectivity index (χ2v) is 6.71. The number of carboxylic acids is 1. The molecule has 0 radical (unpaired) electrons. The van der Waals surface area contributed by atoms with Gasteiger partial charge in [0.1, 0.15) is 0 Å². The normalized spacial score (nSPS) is 11.1. The summed E-state index contributed by atoms with van der Waals surface area (Å²) in [5.74, 6) is 0.675. The van der Waals surface area contributed by atoms with Crippen molar-refractivity contribution in [3.05, 3.63) is 22.8 Å². The van der Waals surface area contributed by atoms with Gasteiger partial charge in [-0.25, -0.2) is 0 Å². The fraction of sp³-hybridized carbons (Fsp3) is 0.545. The van der Waals surface area contributed by atoms with E-state index in [4.69, 9.17) is 28.8 Å². The number of aliphatic carboxylic acids is 1. The molecule has 0 saturated carbocycles. The molecule has 30 heavy (non-hydrogen) atoms. The van der Waals surface area contributed by atoms with Gasteiger partial charge in [0.2, 0.25) is 11.5 Å². The number of carboxylic acid groups (broad SMARTS) is 1. The monoisotopic (exact) mass is 424 g/mol. The van der Waals surface area contributed by atoms with E-state index in [0.717, 1.165) is 23.1 Å². The smallest absolute Gasteiger partial charge is 0.306 e. The summed E-state index contributed by atoms with van der Waals surface area (Å²) < 4.78 is 27.1. The predicted octanol–water partition coefficient (Wildman–Crippen LogP) is 3.71. The van der Waals surface area contributed by atoms with Crippen LogP contribution < -0.4 is 18.9 Å². The lowest BCUT2D eigenvalue weighted by Gasteiger charge is -2.21. The molecule has 0 bridgehead atoms. The number of hydrogen-bond donors (Lipinski definition) is 1. The molecular formula is C22H32O8. The summed E-state index contributed by atoms with van der Waals surface area (Å²) in [5.41, 5.74) is 2.97. The number of ether oxygens (including phenoxy) is 5. The van der Waals surface area contributed by atoms with E-state index < -0.39 is 11.9 Å². The number of benzene rings is 1. The summed E-state index contributed by atoms with van der Waals surface area (Å²) in [5, 5.41) is 8.56. The summed E-state index contributed by atoms with van der Waals surface area (Å²) in [6.07, 6.45) is 3.78. The van der Waals surface area contributed by atoms with Gasteiger partial charge < -0.3 is 28.8 Å². The highest BCUT2D eigenvalue weighted by atomic mass is 16.5. The maximum absolute atomic E-state index is 11.4. The van der Waals surface area contributed by atoms with E-state index in [9.17, 15) is 9.59 Å². The molecule has 1 N–H and O–H groups in total. The standard InChI is InChI=1S/C22H32O8/c1-14(8-7-13-30-18(25)12-11-17(23)24)9-10-16-15(2)19(26-3)21(28-5)22(29-6)20(16)27-4/h9H,7-8,10-13H2,1-6H3,(H,23,24)/b14-9+. The lowest BCUT2D eigenvalue weighted by atomic mass is 9.99. The summed E-state index contributed by atoms with van der Waals surface area (Å²) in [7, 11) is 6.27. The lowest BCUT2D eigenvalue weighted by molar-refractivity contribution is -0.147. The highest BCUT2D eigenvalue weighted by molar-refractivity contribution is 5.76. The Morgan fingerprint density at radius 3 is 1.97 bits per heavy atom. The third-order valence-electron chi connectivity index (χ3n) is 4.68. The van der Waals surface area contributed by atoms with Crippen LogP contribution in [0.4, 0.5) is 0 Å². The first kappa shape index (κ1) is 25.1. The van der Waals surface area contributed by atoms with E-state index in [1.165, 1.54) is 0 Å². The molecule has 1 rings (SSSR count).